The zero-order valence-electron chi connectivity index (χ0n) is 21.0. The fourth-order valence-corrected chi connectivity index (χ4v) is 1.87. The van der Waals surface area contributed by atoms with Crippen LogP contribution in [0.1, 0.15) is 79.7 Å². The smallest absolute Gasteiger partial charge is 1.00 e. The predicted octanol–water partition coefficient (Wildman–Crippen LogP) is 5.19. The maximum atomic E-state index is 10.3. The van der Waals surface area contributed by atoms with Crippen molar-refractivity contribution in [3.63, 3.8) is 0 Å². The summed E-state index contributed by atoms with van der Waals surface area (Å²) in [7, 11) is 0. The molecular formula is C18H36Ca3O2. The van der Waals surface area contributed by atoms with Gasteiger partial charge in [0.05, 0.1) is 0 Å². The average molecular weight is 405 g/mol. The van der Waals surface area contributed by atoms with Gasteiger partial charge in [-0.1, -0.05) is 75.5 Å². The van der Waals surface area contributed by atoms with Gasteiger partial charge in [0.1, 0.15) is 0 Å². The number of unbranched alkanes of at least 4 members (excludes halogenated alkanes) is 7. The third-order valence-electron chi connectivity index (χ3n) is 3.09. The molecule has 0 aromatic rings. The van der Waals surface area contributed by atoms with E-state index in [2.05, 4.69) is 43.4 Å². The zero-order chi connectivity index (χ0) is 14.9. The normalized spacial score (nSPS) is 10.5. The average Bonchev–Trinajstić information content (AvgIpc) is 2.43. The van der Waals surface area contributed by atoms with E-state index in [0.717, 1.165) is 25.7 Å². The van der Waals surface area contributed by atoms with Gasteiger partial charge in [0.15, 0.2) is 0 Å². The number of allylic oxidation sites excluding steroid dienone is 6. The predicted molar refractivity (Wildman–Crippen MR) is 111 cm³/mol. The summed E-state index contributed by atoms with van der Waals surface area (Å²) in [5, 5.41) is 8.50. The second kappa shape index (κ2) is 29.2. The van der Waals surface area contributed by atoms with Crippen molar-refractivity contribution in [2.75, 3.05) is 0 Å². The third kappa shape index (κ3) is 32.6. The van der Waals surface area contributed by atoms with Crippen LogP contribution in [0.15, 0.2) is 36.5 Å². The molecule has 0 unspecified atom stereocenters. The van der Waals surface area contributed by atoms with E-state index >= 15 is 0 Å². The van der Waals surface area contributed by atoms with Crippen LogP contribution in [-0.2, 0) is 4.79 Å². The van der Waals surface area contributed by atoms with E-state index in [9.17, 15) is 4.79 Å². The van der Waals surface area contributed by atoms with Gasteiger partial charge in [-0.15, -0.1) is 0 Å². The van der Waals surface area contributed by atoms with Crippen LogP contribution in [0.5, 0.6) is 0 Å². The van der Waals surface area contributed by atoms with E-state index in [1.165, 1.54) is 32.1 Å². The molecule has 0 fully saturated rings. The Bertz CT molecular complexity index is 335. The number of carboxylic acids is 1. The molecule has 0 amide bonds. The Kier molecular flexibility index (Phi) is 42.1. The van der Waals surface area contributed by atoms with Crippen molar-refractivity contribution in [2.45, 2.75) is 71.1 Å². The summed E-state index contributed by atoms with van der Waals surface area (Å²) >= 11 is 0. The van der Waals surface area contributed by atoms with E-state index in [0.29, 0.717) is 6.42 Å². The summed E-state index contributed by atoms with van der Waals surface area (Å²) in [6, 6.07) is 0. The molecule has 0 aliphatic heterocycles. The van der Waals surface area contributed by atoms with E-state index in [-0.39, 0.29) is 122 Å². The van der Waals surface area contributed by atoms with Crippen LogP contribution in [0.2, 0.25) is 0 Å². The Hall–Kier alpha value is 2.47. The summed E-state index contributed by atoms with van der Waals surface area (Å²) in [5.41, 5.74) is 0. The van der Waals surface area contributed by atoms with E-state index < -0.39 is 5.97 Å². The quantitative estimate of drug-likeness (QED) is 0.260. The first kappa shape index (κ1) is 33.1. The molecule has 0 atom stereocenters. The van der Waals surface area contributed by atoms with Crippen LogP contribution in [-0.4, -0.2) is 124 Å². The van der Waals surface area contributed by atoms with Gasteiger partial charge < -0.3 is 13.7 Å². The van der Waals surface area contributed by atoms with Crippen molar-refractivity contribution >= 4 is 119 Å². The molecule has 0 spiro atoms. The summed E-state index contributed by atoms with van der Waals surface area (Å²) in [6.45, 7) is 2.21. The van der Waals surface area contributed by atoms with Crippen LogP contribution in [0, 0.1) is 0 Å². The van der Waals surface area contributed by atoms with Gasteiger partial charge in [0.2, 0.25) is 0 Å². The molecule has 126 valence electrons. The summed E-state index contributed by atoms with van der Waals surface area (Å²) < 4.78 is 0. The number of rotatable bonds is 13. The van der Waals surface area contributed by atoms with Crippen LogP contribution >= 0.6 is 0 Å². The van der Waals surface area contributed by atoms with Gasteiger partial charge in [0, 0.05) is 6.42 Å². The molecule has 0 radical (unpaired) electrons. The molecule has 0 aromatic heterocycles. The van der Waals surface area contributed by atoms with Gasteiger partial charge in [-0.05, 0) is 25.7 Å². The monoisotopic (exact) mass is 404 g/mol. The first-order valence-electron chi connectivity index (χ1n) is 7.97. The van der Waals surface area contributed by atoms with Gasteiger partial charge in [-0.2, -0.15) is 0 Å². The standard InChI is InChI=1S/C18H30O2.3Ca.6H/c1-2-3-4-5-6-7-8-9-10-11-12-13-14-15-16-17-18(19)20;;;;;;;;;/h5-10H,2-4,11-17H2,1H3,(H,19,20);;;;;;;;;/q;3*+2;6*-1. The Morgan fingerprint density at radius 2 is 1.26 bits per heavy atom. The topological polar surface area (TPSA) is 37.3 Å². The second-order valence-electron chi connectivity index (χ2n) is 5.08. The zero-order valence-corrected chi connectivity index (χ0v) is 21.6. The molecule has 2 nitrogen and oxygen atoms in total. The molecule has 23 heavy (non-hydrogen) atoms. The molecule has 1 N–H and O–H groups in total. The molecule has 0 heterocycles. The summed E-state index contributed by atoms with van der Waals surface area (Å²) in [6.07, 6.45) is 23.3. The Labute approximate surface area is 241 Å². The maximum absolute atomic E-state index is 10.3. The van der Waals surface area contributed by atoms with Crippen molar-refractivity contribution in [3.05, 3.63) is 36.5 Å². The van der Waals surface area contributed by atoms with Crippen molar-refractivity contribution in [1.29, 1.82) is 0 Å². The van der Waals surface area contributed by atoms with Gasteiger partial charge in [0.25, 0.3) is 0 Å². The van der Waals surface area contributed by atoms with Crippen molar-refractivity contribution in [3.8, 4) is 0 Å². The van der Waals surface area contributed by atoms with Gasteiger partial charge in [-0.25, -0.2) is 0 Å². The van der Waals surface area contributed by atoms with E-state index in [1.54, 1.807) is 0 Å². The third-order valence-corrected chi connectivity index (χ3v) is 3.09. The molecular weight excluding hydrogens is 368 g/mol. The van der Waals surface area contributed by atoms with E-state index in [1.807, 2.05) is 0 Å². The maximum Gasteiger partial charge on any atom is 2.00 e. The molecule has 0 saturated heterocycles. The number of hydrogen-bond acceptors (Lipinski definition) is 1. The first-order chi connectivity index (χ1) is 9.77. The summed E-state index contributed by atoms with van der Waals surface area (Å²) in [5.74, 6) is -0.677. The number of aliphatic carboxylic acids is 1. The fraction of sp³-hybridized carbons (Fsp3) is 0.611. The van der Waals surface area contributed by atoms with E-state index in [4.69, 9.17) is 5.11 Å². The number of hydrogen-bond donors (Lipinski definition) is 1. The largest absolute Gasteiger partial charge is 2.00 e. The van der Waals surface area contributed by atoms with Crippen molar-refractivity contribution in [2.24, 2.45) is 0 Å². The molecule has 0 saturated carbocycles. The molecule has 5 heteroatoms. The van der Waals surface area contributed by atoms with Crippen LogP contribution in [0.4, 0.5) is 0 Å². The number of carboxylic acid groups (broad SMARTS) is 1. The second-order valence-corrected chi connectivity index (χ2v) is 5.08. The fourth-order valence-electron chi connectivity index (χ4n) is 1.87. The molecule has 0 aliphatic carbocycles. The minimum atomic E-state index is -0.677. The van der Waals surface area contributed by atoms with Crippen LogP contribution in [0.3, 0.4) is 0 Å². The Balaban J connectivity index is -0.0000000501. The molecule has 0 bridgehead atoms. The molecule has 0 aliphatic rings. The minimum absolute atomic E-state index is 0. The SMILES string of the molecule is CCCCC=CC=CC=CCCCCCCCC(=O)O.[Ca+2].[Ca+2].[Ca+2].[H-].[H-].[H-].[H-].[H-].[H-]. The van der Waals surface area contributed by atoms with Crippen molar-refractivity contribution in [1.82, 2.24) is 0 Å². The van der Waals surface area contributed by atoms with Crippen LogP contribution < -0.4 is 0 Å². The molecule has 0 rings (SSSR count). The molecule has 0 aromatic carbocycles. The van der Waals surface area contributed by atoms with Gasteiger partial charge in [-0.3, -0.25) is 4.79 Å². The van der Waals surface area contributed by atoms with Gasteiger partial charge >= 0.3 is 119 Å². The first-order valence-corrected chi connectivity index (χ1v) is 7.97. The Morgan fingerprint density at radius 1 is 0.783 bits per heavy atom. The number of carbonyl (C=O) groups is 1. The Morgan fingerprint density at radius 3 is 1.78 bits per heavy atom. The van der Waals surface area contributed by atoms with Crippen LogP contribution in [0.25, 0.3) is 0 Å². The van der Waals surface area contributed by atoms with Crippen molar-refractivity contribution < 1.29 is 18.5 Å². The summed E-state index contributed by atoms with van der Waals surface area (Å²) in [4.78, 5) is 10.3. The minimum Gasteiger partial charge on any atom is -1.00 e.